The van der Waals surface area contributed by atoms with Gasteiger partial charge in [0.1, 0.15) is 0 Å². The van der Waals surface area contributed by atoms with Gasteiger partial charge in [0.2, 0.25) is 5.91 Å². The molecule has 0 bridgehead atoms. The standard InChI is InChI=1S/C13H24N2O2/c1-9-8-17-10(2)7-15(9)13(16)11-5-3-4-6-12(11)14/h9-12H,3-8,14H2,1-2H3. The Bertz CT molecular complexity index is 283. The van der Waals surface area contributed by atoms with Crippen molar-refractivity contribution in [3.63, 3.8) is 0 Å². The zero-order valence-electron chi connectivity index (χ0n) is 10.9. The Labute approximate surface area is 103 Å². The number of morpholine rings is 1. The second-order valence-corrected chi connectivity index (χ2v) is 5.54. The lowest BCUT2D eigenvalue weighted by Gasteiger charge is -2.40. The summed E-state index contributed by atoms with van der Waals surface area (Å²) >= 11 is 0. The number of ether oxygens (including phenoxy) is 1. The highest BCUT2D eigenvalue weighted by Crippen LogP contribution is 2.26. The molecule has 2 aliphatic rings. The molecule has 0 aromatic rings. The minimum Gasteiger partial charge on any atom is -0.375 e. The monoisotopic (exact) mass is 240 g/mol. The van der Waals surface area contributed by atoms with Gasteiger partial charge < -0.3 is 15.4 Å². The maximum absolute atomic E-state index is 12.5. The Balaban J connectivity index is 2.02. The molecule has 0 aromatic carbocycles. The number of carbonyl (C=O) groups excluding carboxylic acids is 1. The summed E-state index contributed by atoms with van der Waals surface area (Å²) in [5, 5.41) is 0. The molecule has 2 fully saturated rings. The minimum atomic E-state index is 0.0384. The van der Waals surface area contributed by atoms with Gasteiger partial charge in [-0.25, -0.2) is 0 Å². The fourth-order valence-electron chi connectivity index (χ4n) is 2.89. The first-order valence-corrected chi connectivity index (χ1v) is 6.77. The largest absolute Gasteiger partial charge is 0.375 e. The van der Waals surface area contributed by atoms with Crippen molar-refractivity contribution in [3.05, 3.63) is 0 Å². The van der Waals surface area contributed by atoms with Crippen molar-refractivity contribution in [1.82, 2.24) is 4.90 Å². The molecule has 4 unspecified atom stereocenters. The average molecular weight is 240 g/mol. The Kier molecular flexibility index (Phi) is 4.05. The normalized spacial score (nSPS) is 39.1. The van der Waals surface area contributed by atoms with Crippen LogP contribution < -0.4 is 5.73 Å². The van der Waals surface area contributed by atoms with Gasteiger partial charge in [0.05, 0.1) is 24.7 Å². The predicted molar refractivity (Wildman–Crippen MR) is 66.5 cm³/mol. The van der Waals surface area contributed by atoms with E-state index < -0.39 is 0 Å². The number of nitrogens with two attached hydrogens (primary N) is 1. The lowest BCUT2D eigenvalue weighted by atomic mass is 9.83. The number of nitrogens with zero attached hydrogens (tertiary/aromatic N) is 1. The first kappa shape index (κ1) is 12.8. The van der Waals surface area contributed by atoms with Crippen molar-refractivity contribution in [2.45, 2.75) is 57.7 Å². The van der Waals surface area contributed by atoms with Crippen LogP contribution in [0.15, 0.2) is 0 Å². The number of rotatable bonds is 1. The van der Waals surface area contributed by atoms with E-state index in [-0.39, 0.29) is 30.0 Å². The SMILES string of the molecule is CC1CN(C(=O)C2CCCCC2N)C(C)CO1. The van der Waals surface area contributed by atoms with Crippen LogP contribution >= 0.6 is 0 Å². The second kappa shape index (κ2) is 5.36. The molecule has 4 atom stereocenters. The maximum atomic E-state index is 12.5. The third-order valence-corrected chi connectivity index (χ3v) is 4.03. The number of amides is 1. The van der Waals surface area contributed by atoms with Crippen molar-refractivity contribution < 1.29 is 9.53 Å². The van der Waals surface area contributed by atoms with Crippen LogP contribution in [-0.4, -0.2) is 42.1 Å². The van der Waals surface area contributed by atoms with Crippen LogP contribution in [0.3, 0.4) is 0 Å². The number of hydrogen-bond acceptors (Lipinski definition) is 3. The highest BCUT2D eigenvalue weighted by molar-refractivity contribution is 5.80. The molecule has 1 aliphatic heterocycles. The molecule has 0 spiro atoms. The summed E-state index contributed by atoms with van der Waals surface area (Å²) in [6, 6.07) is 0.245. The topological polar surface area (TPSA) is 55.6 Å². The quantitative estimate of drug-likeness (QED) is 0.748. The molecule has 1 saturated carbocycles. The Morgan fingerprint density at radius 1 is 1.29 bits per heavy atom. The third kappa shape index (κ3) is 2.80. The molecule has 4 nitrogen and oxygen atoms in total. The van der Waals surface area contributed by atoms with E-state index in [0.29, 0.717) is 13.2 Å². The van der Waals surface area contributed by atoms with Crippen molar-refractivity contribution >= 4 is 5.91 Å². The fourth-order valence-corrected chi connectivity index (χ4v) is 2.89. The van der Waals surface area contributed by atoms with Crippen LogP contribution in [0.2, 0.25) is 0 Å². The molecule has 1 heterocycles. The van der Waals surface area contributed by atoms with Gasteiger partial charge in [0, 0.05) is 12.6 Å². The van der Waals surface area contributed by atoms with E-state index in [2.05, 4.69) is 6.92 Å². The molecule has 1 saturated heterocycles. The highest BCUT2D eigenvalue weighted by Gasteiger charge is 2.35. The molecular formula is C13H24N2O2. The van der Waals surface area contributed by atoms with Gasteiger partial charge in [-0.05, 0) is 26.7 Å². The van der Waals surface area contributed by atoms with Gasteiger partial charge in [-0.2, -0.15) is 0 Å². The summed E-state index contributed by atoms with van der Waals surface area (Å²) in [6.45, 7) is 5.43. The van der Waals surface area contributed by atoms with Crippen LogP contribution in [0.5, 0.6) is 0 Å². The van der Waals surface area contributed by atoms with Gasteiger partial charge in [-0.1, -0.05) is 12.8 Å². The molecule has 1 amide bonds. The molecule has 98 valence electrons. The lowest BCUT2D eigenvalue weighted by Crippen LogP contribution is -2.55. The smallest absolute Gasteiger partial charge is 0.227 e. The fraction of sp³-hybridized carbons (Fsp3) is 0.923. The van der Waals surface area contributed by atoms with Crippen LogP contribution in [-0.2, 0) is 9.53 Å². The molecule has 0 aromatic heterocycles. The Morgan fingerprint density at radius 2 is 2.00 bits per heavy atom. The number of carbonyl (C=O) groups is 1. The van der Waals surface area contributed by atoms with E-state index in [9.17, 15) is 4.79 Å². The Hall–Kier alpha value is -0.610. The van der Waals surface area contributed by atoms with Crippen molar-refractivity contribution in [2.75, 3.05) is 13.2 Å². The van der Waals surface area contributed by atoms with E-state index in [4.69, 9.17) is 10.5 Å². The van der Waals surface area contributed by atoms with E-state index >= 15 is 0 Å². The van der Waals surface area contributed by atoms with E-state index in [1.165, 1.54) is 6.42 Å². The van der Waals surface area contributed by atoms with Gasteiger partial charge in [-0.3, -0.25) is 4.79 Å². The van der Waals surface area contributed by atoms with Gasteiger partial charge in [0.15, 0.2) is 0 Å². The van der Waals surface area contributed by atoms with Crippen molar-refractivity contribution in [1.29, 1.82) is 0 Å². The summed E-state index contributed by atoms with van der Waals surface area (Å²) in [5.74, 6) is 0.288. The first-order chi connectivity index (χ1) is 8.09. The minimum absolute atomic E-state index is 0.0384. The third-order valence-electron chi connectivity index (χ3n) is 4.03. The van der Waals surface area contributed by atoms with Crippen LogP contribution in [0.4, 0.5) is 0 Å². The summed E-state index contributed by atoms with van der Waals surface area (Å²) in [6.07, 6.45) is 4.40. The van der Waals surface area contributed by atoms with Crippen LogP contribution in [0, 0.1) is 5.92 Å². The van der Waals surface area contributed by atoms with Gasteiger partial charge in [0.25, 0.3) is 0 Å². The second-order valence-electron chi connectivity index (χ2n) is 5.54. The molecule has 1 aliphatic carbocycles. The molecule has 0 radical (unpaired) electrons. The first-order valence-electron chi connectivity index (χ1n) is 6.77. The van der Waals surface area contributed by atoms with Crippen molar-refractivity contribution in [3.8, 4) is 0 Å². The molecule has 2 N–H and O–H groups in total. The summed E-state index contributed by atoms with van der Waals surface area (Å²) < 4.78 is 5.56. The van der Waals surface area contributed by atoms with E-state index in [1.807, 2.05) is 11.8 Å². The van der Waals surface area contributed by atoms with Crippen LogP contribution in [0.25, 0.3) is 0 Å². The summed E-state index contributed by atoms with van der Waals surface area (Å²) in [7, 11) is 0. The predicted octanol–water partition coefficient (Wildman–Crippen LogP) is 1.14. The summed E-state index contributed by atoms with van der Waals surface area (Å²) in [5.41, 5.74) is 6.09. The molecule has 17 heavy (non-hydrogen) atoms. The molecular weight excluding hydrogens is 216 g/mol. The highest BCUT2D eigenvalue weighted by atomic mass is 16.5. The average Bonchev–Trinajstić information content (AvgIpc) is 2.32. The zero-order chi connectivity index (χ0) is 12.4. The zero-order valence-corrected chi connectivity index (χ0v) is 10.9. The van der Waals surface area contributed by atoms with E-state index in [0.717, 1.165) is 19.3 Å². The lowest BCUT2D eigenvalue weighted by molar-refractivity contribution is -0.149. The van der Waals surface area contributed by atoms with E-state index in [1.54, 1.807) is 0 Å². The number of hydrogen-bond donors (Lipinski definition) is 1. The Morgan fingerprint density at radius 3 is 2.71 bits per heavy atom. The summed E-state index contributed by atoms with van der Waals surface area (Å²) in [4.78, 5) is 14.5. The van der Waals surface area contributed by atoms with Crippen molar-refractivity contribution in [2.24, 2.45) is 11.7 Å². The molecule has 4 heteroatoms. The maximum Gasteiger partial charge on any atom is 0.227 e. The van der Waals surface area contributed by atoms with Gasteiger partial charge >= 0.3 is 0 Å². The molecule has 2 rings (SSSR count). The van der Waals surface area contributed by atoms with Gasteiger partial charge in [-0.15, -0.1) is 0 Å². The van der Waals surface area contributed by atoms with Crippen LogP contribution in [0.1, 0.15) is 39.5 Å².